The summed E-state index contributed by atoms with van der Waals surface area (Å²) in [6.45, 7) is 9.62. The fraction of sp³-hybridized carbons (Fsp3) is 0.784. The van der Waals surface area contributed by atoms with Gasteiger partial charge in [-0.15, -0.1) is 0 Å². The number of nitrogens with zero attached hydrogens (tertiary/aromatic N) is 1. The molecule has 1 aromatic rings. The molecule has 5 heteroatoms. The Kier molecular flexibility index (Phi) is 7.71. The van der Waals surface area contributed by atoms with Gasteiger partial charge in [-0.25, -0.2) is 0 Å². The van der Waals surface area contributed by atoms with Crippen molar-refractivity contribution in [3.63, 3.8) is 0 Å². The second kappa shape index (κ2) is 11.1. The Bertz CT molecular complexity index is 1160. The van der Waals surface area contributed by atoms with Crippen LogP contribution < -0.4 is 14.8 Å². The molecule has 0 saturated heterocycles. The number of hydrogen-bond donors (Lipinski definition) is 2. The van der Waals surface area contributed by atoms with Crippen molar-refractivity contribution in [2.24, 2.45) is 16.7 Å². The maximum absolute atomic E-state index is 10.3. The molecule has 2 aliphatic heterocycles. The number of aliphatic hydroxyl groups is 1. The molecule has 2 heterocycles. The molecule has 5 nitrogen and oxygen atoms in total. The lowest BCUT2D eigenvalue weighted by atomic mass is 9.43. The summed E-state index contributed by atoms with van der Waals surface area (Å²) in [6.07, 6.45) is 23.8. The Hall–Kier alpha value is -1.56. The van der Waals surface area contributed by atoms with E-state index in [9.17, 15) is 5.11 Å². The van der Waals surface area contributed by atoms with Crippen LogP contribution in [0.3, 0.4) is 0 Å². The van der Waals surface area contributed by atoms with Crippen molar-refractivity contribution in [1.29, 1.82) is 0 Å². The minimum atomic E-state index is -0.422. The molecule has 42 heavy (non-hydrogen) atoms. The van der Waals surface area contributed by atoms with E-state index < -0.39 is 6.10 Å². The quantitative estimate of drug-likeness (QED) is 0.202. The maximum Gasteiger partial charge on any atom is 0.166 e. The fourth-order valence-corrected chi connectivity index (χ4v) is 11.5. The van der Waals surface area contributed by atoms with Crippen LogP contribution in [-0.4, -0.2) is 54.5 Å². The summed E-state index contributed by atoms with van der Waals surface area (Å²) in [5.74, 6) is 2.72. The van der Waals surface area contributed by atoms with Gasteiger partial charge in [0.2, 0.25) is 0 Å². The van der Waals surface area contributed by atoms with Gasteiger partial charge >= 0.3 is 0 Å². The summed E-state index contributed by atoms with van der Waals surface area (Å²) < 4.78 is 12.2. The molecule has 7 atom stereocenters. The predicted octanol–water partition coefficient (Wildman–Crippen LogP) is 7.29. The zero-order valence-corrected chi connectivity index (χ0v) is 26.7. The predicted molar refractivity (Wildman–Crippen MR) is 169 cm³/mol. The molecule has 0 radical (unpaired) electrons. The van der Waals surface area contributed by atoms with Crippen molar-refractivity contribution in [3.8, 4) is 11.5 Å². The zero-order chi connectivity index (χ0) is 29.0. The molecule has 5 aliphatic carbocycles. The Morgan fingerprint density at radius 2 is 1.71 bits per heavy atom. The summed E-state index contributed by atoms with van der Waals surface area (Å²) in [4.78, 5) is 2.65. The highest BCUT2D eigenvalue weighted by atomic mass is 16.5. The first-order valence-corrected chi connectivity index (χ1v) is 17.4. The second-order valence-electron chi connectivity index (χ2n) is 16.3. The normalized spacial score (nSPS) is 39.6. The van der Waals surface area contributed by atoms with Gasteiger partial charge in [-0.2, -0.15) is 0 Å². The molecule has 2 unspecified atom stereocenters. The molecule has 232 valence electrons. The summed E-state index contributed by atoms with van der Waals surface area (Å²) in [5, 5.41) is 14.5. The Morgan fingerprint density at radius 1 is 0.976 bits per heavy atom. The number of hydrogen-bond acceptors (Lipinski definition) is 5. The van der Waals surface area contributed by atoms with Gasteiger partial charge < -0.3 is 19.9 Å². The summed E-state index contributed by atoms with van der Waals surface area (Å²) in [6, 6.07) is 4.32. The van der Waals surface area contributed by atoms with E-state index in [4.69, 9.17) is 9.47 Å². The highest BCUT2D eigenvalue weighted by molar-refractivity contribution is 5.61. The summed E-state index contributed by atoms with van der Waals surface area (Å²) in [5.41, 5.74) is 4.24. The summed E-state index contributed by atoms with van der Waals surface area (Å²) >= 11 is 0. The minimum absolute atomic E-state index is 0.00299. The number of ether oxygens (including phenoxy) is 2. The van der Waals surface area contributed by atoms with Crippen LogP contribution in [0.2, 0.25) is 0 Å². The van der Waals surface area contributed by atoms with Crippen LogP contribution in [0.4, 0.5) is 0 Å². The van der Waals surface area contributed by atoms with Gasteiger partial charge in [0.15, 0.2) is 11.5 Å². The average molecular weight is 577 g/mol. The number of methoxy groups -OCH3 is 1. The van der Waals surface area contributed by atoms with Crippen LogP contribution in [0.25, 0.3) is 0 Å². The second-order valence-corrected chi connectivity index (χ2v) is 16.3. The monoisotopic (exact) mass is 576 g/mol. The third-order valence-electron chi connectivity index (χ3n) is 12.3. The van der Waals surface area contributed by atoms with Crippen molar-refractivity contribution in [2.75, 3.05) is 26.7 Å². The van der Waals surface area contributed by atoms with Gasteiger partial charge in [0, 0.05) is 24.1 Å². The highest BCUT2D eigenvalue weighted by Gasteiger charge is 2.59. The molecule has 1 aromatic carbocycles. The van der Waals surface area contributed by atoms with Crippen LogP contribution >= 0.6 is 0 Å². The lowest BCUT2D eigenvalue weighted by molar-refractivity contribution is -0.117. The van der Waals surface area contributed by atoms with Crippen LogP contribution in [0.15, 0.2) is 24.3 Å². The van der Waals surface area contributed by atoms with Gasteiger partial charge in [-0.05, 0) is 106 Å². The summed E-state index contributed by atoms with van der Waals surface area (Å²) in [7, 11) is 1.73. The van der Waals surface area contributed by atoms with Crippen LogP contribution in [-0.2, 0) is 12.0 Å². The van der Waals surface area contributed by atoms with E-state index in [0.717, 1.165) is 36.9 Å². The zero-order valence-electron chi connectivity index (χ0n) is 26.7. The smallest absolute Gasteiger partial charge is 0.166 e. The molecule has 1 spiro atoms. The lowest BCUT2D eigenvalue weighted by Crippen LogP contribution is -2.64. The molecule has 2 N–H and O–H groups in total. The van der Waals surface area contributed by atoms with Crippen molar-refractivity contribution in [2.45, 2.75) is 140 Å². The first-order valence-electron chi connectivity index (χ1n) is 17.4. The Balaban J connectivity index is 0.826. The van der Waals surface area contributed by atoms with E-state index in [-0.39, 0.29) is 11.5 Å². The number of rotatable bonds is 12. The van der Waals surface area contributed by atoms with E-state index in [2.05, 4.69) is 42.3 Å². The third-order valence-corrected chi connectivity index (χ3v) is 12.3. The number of benzene rings is 1. The van der Waals surface area contributed by atoms with Crippen molar-refractivity contribution < 1.29 is 14.6 Å². The lowest BCUT2D eigenvalue weighted by Gasteiger charge is -2.65. The molecular formula is C37H56N2O3. The first kappa shape index (κ1) is 29.2. The standard InChI is InChI=1S/C37H56N2O3/c1-34-20-27-21-35(2,24-34)26-36(22-27,25-34)38-16-9-7-5-4-6-8-10-17-39-18-15-37-14-13-29(40)19-31(37)42-33-30(41-3)12-11-28(23-39)32(33)37/h11-14,27,29,31,38,40H,4-10,15-26H2,1-3H3/t27?,29-,31-,34-,35+,36?,37-/m0/s1. The topological polar surface area (TPSA) is 54.0 Å². The van der Waals surface area contributed by atoms with Crippen molar-refractivity contribution in [3.05, 3.63) is 35.4 Å². The van der Waals surface area contributed by atoms with Gasteiger partial charge in [0.1, 0.15) is 6.10 Å². The molecule has 7 aliphatic rings. The van der Waals surface area contributed by atoms with E-state index in [1.165, 1.54) is 108 Å². The van der Waals surface area contributed by atoms with Gasteiger partial charge in [-0.1, -0.05) is 64.2 Å². The molecule has 0 amide bonds. The number of unbranched alkanes of at least 4 members (excludes halogenated alkanes) is 6. The molecule has 4 fully saturated rings. The minimum Gasteiger partial charge on any atom is -0.493 e. The van der Waals surface area contributed by atoms with E-state index in [1.807, 2.05) is 6.08 Å². The van der Waals surface area contributed by atoms with Gasteiger partial charge in [0.05, 0.1) is 18.6 Å². The molecule has 4 bridgehead atoms. The van der Waals surface area contributed by atoms with Crippen LogP contribution in [0.5, 0.6) is 11.5 Å². The molecular weight excluding hydrogens is 520 g/mol. The molecule has 0 aromatic heterocycles. The van der Waals surface area contributed by atoms with Crippen LogP contribution in [0.1, 0.15) is 121 Å². The van der Waals surface area contributed by atoms with Crippen molar-refractivity contribution >= 4 is 0 Å². The Morgan fingerprint density at radius 3 is 2.45 bits per heavy atom. The molecule has 4 saturated carbocycles. The van der Waals surface area contributed by atoms with E-state index in [1.54, 1.807) is 7.11 Å². The number of aliphatic hydroxyl groups excluding tert-OH is 1. The molecule has 8 rings (SSSR count). The van der Waals surface area contributed by atoms with E-state index in [0.29, 0.717) is 22.8 Å². The van der Waals surface area contributed by atoms with Gasteiger partial charge in [-0.3, -0.25) is 4.90 Å². The highest BCUT2D eigenvalue weighted by Crippen LogP contribution is 2.66. The SMILES string of the molecule is COc1ccc2c3c1O[C@H]1C[C@@H](O)C=C[C@@]31CCN(CCCCCCCCCNC13CC4C[C@@](C)(C1)C[C@](C)(C4)C3)C2. The van der Waals surface area contributed by atoms with E-state index >= 15 is 0 Å². The number of nitrogens with one attached hydrogen (secondary N) is 1. The average Bonchev–Trinajstić information content (AvgIpc) is 3.16. The largest absolute Gasteiger partial charge is 0.493 e. The fourth-order valence-electron chi connectivity index (χ4n) is 11.5. The van der Waals surface area contributed by atoms with Gasteiger partial charge in [0.25, 0.3) is 0 Å². The van der Waals surface area contributed by atoms with Crippen LogP contribution in [0, 0.1) is 16.7 Å². The first-order chi connectivity index (χ1) is 20.2. The Labute approximate surface area is 254 Å². The van der Waals surface area contributed by atoms with Crippen molar-refractivity contribution in [1.82, 2.24) is 10.2 Å². The third kappa shape index (κ3) is 5.34. The maximum atomic E-state index is 10.3.